The first-order valence-electron chi connectivity index (χ1n) is 12.2. The molecule has 3 aromatic rings. The summed E-state index contributed by atoms with van der Waals surface area (Å²) in [6.45, 7) is 0.944. The van der Waals surface area contributed by atoms with Gasteiger partial charge < -0.3 is 24.1 Å². The molecule has 0 amide bonds. The summed E-state index contributed by atoms with van der Waals surface area (Å²) in [7, 11) is 4.74. The molecular weight excluding hydrogens is 494 g/mol. The number of carboxylic acids is 1. The molecule has 37 heavy (non-hydrogen) atoms. The second kappa shape index (κ2) is 12.2. The maximum atomic E-state index is 12.3. The molecule has 2 atom stereocenters. The average molecular weight is 526 g/mol. The first-order valence-corrected chi connectivity index (χ1v) is 12.6. The van der Waals surface area contributed by atoms with Gasteiger partial charge in [0.2, 0.25) is 5.75 Å². The third-order valence-corrected chi connectivity index (χ3v) is 6.91. The molecule has 0 spiro atoms. The number of nitrogens with zero attached hydrogens (tertiary/aromatic N) is 1. The van der Waals surface area contributed by atoms with E-state index < -0.39 is 18.1 Å². The Labute approximate surface area is 222 Å². The molecule has 0 aliphatic carbocycles. The molecule has 4 rings (SSSR count). The van der Waals surface area contributed by atoms with E-state index in [1.807, 2.05) is 53.4 Å². The maximum absolute atomic E-state index is 12.3. The number of aliphatic carboxylic acids is 1. The van der Waals surface area contributed by atoms with Gasteiger partial charge in [-0.3, -0.25) is 9.69 Å². The van der Waals surface area contributed by atoms with Crippen LogP contribution >= 0.6 is 11.6 Å². The number of carboxylic acid groups (broad SMARTS) is 1. The van der Waals surface area contributed by atoms with E-state index in [1.165, 1.54) is 0 Å². The van der Waals surface area contributed by atoms with Crippen LogP contribution in [0.3, 0.4) is 0 Å². The lowest BCUT2D eigenvalue weighted by atomic mass is 9.90. The lowest BCUT2D eigenvalue weighted by Crippen LogP contribution is -2.47. The fourth-order valence-electron chi connectivity index (χ4n) is 4.93. The van der Waals surface area contributed by atoms with Crippen LogP contribution in [0.15, 0.2) is 60.7 Å². The number of hydrogen-bond donors (Lipinski definition) is 1. The van der Waals surface area contributed by atoms with Gasteiger partial charge in [0.25, 0.3) is 0 Å². The molecule has 2 unspecified atom stereocenters. The second-order valence-corrected chi connectivity index (χ2v) is 9.34. The highest BCUT2D eigenvalue weighted by atomic mass is 35.5. The zero-order valence-corrected chi connectivity index (χ0v) is 22.0. The molecule has 1 aliphatic rings. The number of methoxy groups -OCH3 is 3. The monoisotopic (exact) mass is 525 g/mol. The Kier molecular flexibility index (Phi) is 8.79. The number of rotatable bonds is 10. The Balaban J connectivity index is 1.84. The summed E-state index contributed by atoms with van der Waals surface area (Å²) in [5, 5.41) is 10.6. The zero-order chi connectivity index (χ0) is 26.4. The number of likely N-dealkylation sites (tertiary alicyclic amines) is 1. The van der Waals surface area contributed by atoms with Crippen molar-refractivity contribution in [2.45, 2.75) is 38.0 Å². The molecule has 1 fully saturated rings. The van der Waals surface area contributed by atoms with E-state index in [2.05, 4.69) is 0 Å². The smallest absolute Gasteiger partial charge is 0.320 e. The summed E-state index contributed by atoms with van der Waals surface area (Å²) >= 11 is 6.43. The van der Waals surface area contributed by atoms with Crippen LogP contribution in [-0.4, -0.2) is 49.9 Å². The van der Waals surface area contributed by atoms with E-state index in [-0.39, 0.29) is 0 Å². The van der Waals surface area contributed by atoms with Crippen LogP contribution in [0, 0.1) is 0 Å². The molecule has 0 bridgehead atoms. The van der Waals surface area contributed by atoms with Crippen molar-refractivity contribution in [1.29, 1.82) is 0 Å². The summed E-state index contributed by atoms with van der Waals surface area (Å²) in [5.41, 5.74) is 2.56. The fraction of sp³-hybridized carbons (Fsp3) is 0.345. The Morgan fingerprint density at radius 3 is 2.27 bits per heavy atom. The molecule has 3 aromatic carbocycles. The van der Waals surface area contributed by atoms with Crippen molar-refractivity contribution in [2.24, 2.45) is 0 Å². The molecule has 8 heteroatoms. The van der Waals surface area contributed by atoms with Crippen LogP contribution in [-0.2, 0) is 11.4 Å². The average Bonchev–Trinajstić information content (AvgIpc) is 2.92. The normalized spacial score (nSPS) is 16.6. The molecule has 0 aromatic heterocycles. The predicted octanol–water partition coefficient (Wildman–Crippen LogP) is 5.97. The largest absolute Gasteiger partial charge is 0.496 e. The van der Waals surface area contributed by atoms with Crippen molar-refractivity contribution in [2.75, 3.05) is 27.9 Å². The van der Waals surface area contributed by atoms with Crippen molar-refractivity contribution in [3.8, 4) is 23.0 Å². The van der Waals surface area contributed by atoms with Gasteiger partial charge in [0, 0.05) is 10.6 Å². The number of hydrogen-bond acceptors (Lipinski definition) is 6. The van der Waals surface area contributed by atoms with Crippen LogP contribution in [0.25, 0.3) is 0 Å². The van der Waals surface area contributed by atoms with Gasteiger partial charge in [-0.1, -0.05) is 48.4 Å². The summed E-state index contributed by atoms with van der Waals surface area (Å²) in [6.07, 6.45) is 2.29. The van der Waals surface area contributed by atoms with Gasteiger partial charge in [-0.15, -0.1) is 0 Å². The fourth-order valence-corrected chi connectivity index (χ4v) is 5.11. The van der Waals surface area contributed by atoms with E-state index in [1.54, 1.807) is 33.5 Å². The van der Waals surface area contributed by atoms with Crippen molar-refractivity contribution in [3.63, 3.8) is 0 Å². The number of carbonyl (C=O) groups is 1. The Morgan fingerprint density at radius 1 is 0.973 bits per heavy atom. The standard InChI is InChI=1S/C29H32ClNO6/c1-34-24-13-12-21(30)17-22(24)27(31-14-8-7-11-23(31)29(32)33)20-15-25(35-2)28(26(16-20)36-3)37-18-19-9-5-4-6-10-19/h4-6,9-10,12-13,15-17,23,27H,7-8,11,14,18H2,1-3H3,(H,32,33). The van der Waals surface area contributed by atoms with Gasteiger partial charge in [0.05, 0.1) is 27.4 Å². The van der Waals surface area contributed by atoms with E-state index in [9.17, 15) is 9.90 Å². The van der Waals surface area contributed by atoms with Crippen molar-refractivity contribution < 1.29 is 28.8 Å². The van der Waals surface area contributed by atoms with Gasteiger partial charge in [-0.05, 0) is 60.8 Å². The number of halogens is 1. The molecule has 196 valence electrons. The van der Waals surface area contributed by atoms with Crippen molar-refractivity contribution in [1.82, 2.24) is 4.90 Å². The summed E-state index contributed by atoms with van der Waals surface area (Å²) in [6, 6.07) is 17.8. The molecule has 1 saturated heterocycles. The maximum Gasteiger partial charge on any atom is 0.320 e. The van der Waals surface area contributed by atoms with Gasteiger partial charge in [-0.25, -0.2) is 0 Å². The minimum absolute atomic E-state index is 0.339. The Bertz CT molecular complexity index is 1190. The van der Waals surface area contributed by atoms with E-state index >= 15 is 0 Å². The highest BCUT2D eigenvalue weighted by Gasteiger charge is 2.37. The van der Waals surface area contributed by atoms with E-state index in [4.69, 9.17) is 30.5 Å². The molecule has 1 heterocycles. The van der Waals surface area contributed by atoms with Gasteiger partial charge in [0.15, 0.2) is 11.5 Å². The minimum atomic E-state index is -0.854. The molecular formula is C29H32ClNO6. The van der Waals surface area contributed by atoms with E-state index in [0.29, 0.717) is 47.6 Å². The van der Waals surface area contributed by atoms with Gasteiger partial charge in [-0.2, -0.15) is 0 Å². The summed E-state index contributed by atoms with van der Waals surface area (Å²) in [4.78, 5) is 14.3. The topological polar surface area (TPSA) is 77.5 Å². The number of benzene rings is 3. The van der Waals surface area contributed by atoms with E-state index in [0.717, 1.165) is 29.5 Å². The lowest BCUT2D eigenvalue weighted by molar-refractivity contribution is -0.145. The third kappa shape index (κ3) is 5.95. The summed E-state index contributed by atoms with van der Waals surface area (Å²) in [5.74, 6) is 1.21. The van der Waals surface area contributed by atoms with Crippen LogP contribution in [0.5, 0.6) is 23.0 Å². The van der Waals surface area contributed by atoms with Crippen LogP contribution in [0.4, 0.5) is 0 Å². The van der Waals surface area contributed by atoms with Crippen molar-refractivity contribution in [3.05, 3.63) is 82.4 Å². The Hall–Kier alpha value is -3.42. The number of ether oxygens (including phenoxy) is 4. The highest BCUT2D eigenvalue weighted by Crippen LogP contribution is 2.46. The molecule has 0 saturated carbocycles. The summed E-state index contributed by atoms with van der Waals surface area (Å²) < 4.78 is 23.3. The molecule has 1 aliphatic heterocycles. The Morgan fingerprint density at radius 2 is 1.65 bits per heavy atom. The quantitative estimate of drug-likeness (QED) is 0.349. The zero-order valence-electron chi connectivity index (χ0n) is 21.3. The second-order valence-electron chi connectivity index (χ2n) is 8.91. The molecule has 0 radical (unpaired) electrons. The van der Waals surface area contributed by atoms with Gasteiger partial charge >= 0.3 is 5.97 Å². The first-order chi connectivity index (χ1) is 18.0. The number of piperidine rings is 1. The van der Waals surface area contributed by atoms with Crippen LogP contribution in [0.1, 0.15) is 42.0 Å². The van der Waals surface area contributed by atoms with Crippen LogP contribution < -0.4 is 18.9 Å². The SMILES string of the molecule is COc1ccc(Cl)cc1C(c1cc(OC)c(OCc2ccccc2)c(OC)c1)N1CCCCC1C(=O)O. The minimum Gasteiger partial charge on any atom is -0.496 e. The van der Waals surface area contributed by atoms with Crippen LogP contribution in [0.2, 0.25) is 5.02 Å². The third-order valence-electron chi connectivity index (χ3n) is 6.67. The highest BCUT2D eigenvalue weighted by molar-refractivity contribution is 6.30. The lowest BCUT2D eigenvalue weighted by Gasteiger charge is -2.40. The van der Waals surface area contributed by atoms with Crippen molar-refractivity contribution >= 4 is 17.6 Å². The first kappa shape index (κ1) is 26.6. The molecule has 7 nitrogen and oxygen atoms in total. The van der Waals surface area contributed by atoms with Gasteiger partial charge in [0.1, 0.15) is 18.4 Å². The molecule has 1 N–H and O–H groups in total. The predicted molar refractivity (Wildman–Crippen MR) is 142 cm³/mol.